The predicted molar refractivity (Wildman–Crippen MR) is 201 cm³/mol. The molecule has 0 saturated carbocycles. The zero-order valence-electron chi connectivity index (χ0n) is 26.1. The fourth-order valence-corrected chi connectivity index (χ4v) is 8.48. The number of aromatic nitrogens is 4. The number of rotatable bonds is 2. The van der Waals surface area contributed by atoms with Crippen LogP contribution in [0, 0.1) is 0 Å². The summed E-state index contributed by atoms with van der Waals surface area (Å²) in [5.41, 5.74) is 8.21. The molecule has 12 rings (SSSR count). The largest absolute Gasteiger partial charge is 0.437 e. The van der Waals surface area contributed by atoms with Crippen LogP contribution in [0.1, 0.15) is 0 Å². The van der Waals surface area contributed by atoms with E-state index in [4.69, 9.17) is 14.4 Å². The first-order valence-electron chi connectivity index (χ1n) is 16.6. The van der Waals surface area contributed by atoms with Gasteiger partial charge in [0, 0.05) is 43.3 Å². The smallest absolute Gasteiger partial charge is 0.233 e. The molecule has 49 heavy (non-hydrogen) atoms. The van der Waals surface area contributed by atoms with Crippen LogP contribution in [-0.2, 0) is 0 Å². The number of furan rings is 1. The Morgan fingerprint density at radius 3 is 2.00 bits per heavy atom. The monoisotopic (exact) mass is 624 g/mol. The molecule has 5 heterocycles. The molecule has 226 valence electrons. The average Bonchev–Trinajstić information content (AvgIpc) is 3.90. The second kappa shape index (κ2) is 9.00. The highest BCUT2D eigenvalue weighted by molar-refractivity contribution is 6.38. The van der Waals surface area contributed by atoms with E-state index >= 15 is 0 Å². The zero-order valence-corrected chi connectivity index (χ0v) is 26.1. The molecule has 0 aliphatic rings. The van der Waals surface area contributed by atoms with Gasteiger partial charge in [-0.2, -0.15) is 4.98 Å². The molecule has 12 aromatic rings. The Labute approximate surface area is 278 Å². The normalized spacial score (nSPS) is 12.5. The molecule has 5 nitrogen and oxygen atoms in total. The molecule has 0 aliphatic carbocycles. The maximum absolute atomic E-state index is 6.50. The Kier molecular flexibility index (Phi) is 4.66. The van der Waals surface area contributed by atoms with Gasteiger partial charge in [0.05, 0.1) is 33.0 Å². The van der Waals surface area contributed by atoms with Crippen molar-refractivity contribution < 1.29 is 4.42 Å². The third-order valence-electron chi connectivity index (χ3n) is 10.5. The van der Waals surface area contributed by atoms with Crippen molar-refractivity contribution in [2.45, 2.75) is 0 Å². The number of para-hydroxylation sites is 3. The van der Waals surface area contributed by atoms with Crippen molar-refractivity contribution in [3.05, 3.63) is 146 Å². The van der Waals surface area contributed by atoms with E-state index in [1.165, 1.54) is 59.6 Å². The molecular formula is C44H24N4O. The summed E-state index contributed by atoms with van der Waals surface area (Å²) in [6, 6.07) is 51.6. The Balaban J connectivity index is 1.39. The summed E-state index contributed by atoms with van der Waals surface area (Å²) in [4.78, 5) is 10.5. The van der Waals surface area contributed by atoms with Crippen LogP contribution in [0.5, 0.6) is 0 Å². The van der Waals surface area contributed by atoms with E-state index in [9.17, 15) is 0 Å². The lowest BCUT2D eigenvalue weighted by molar-refractivity contribution is 0.653. The van der Waals surface area contributed by atoms with E-state index in [0.717, 1.165) is 38.8 Å². The predicted octanol–water partition coefficient (Wildman–Crippen LogP) is 11.4. The minimum Gasteiger partial charge on any atom is -0.437 e. The molecular weight excluding hydrogens is 601 g/mol. The van der Waals surface area contributed by atoms with Gasteiger partial charge in [-0.1, -0.05) is 115 Å². The van der Waals surface area contributed by atoms with Crippen LogP contribution in [0.3, 0.4) is 0 Å². The molecule has 0 bridgehead atoms. The first-order valence-corrected chi connectivity index (χ1v) is 16.6. The molecule has 5 aromatic heterocycles. The van der Waals surface area contributed by atoms with Gasteiger partial charge in [0.1, 0.15) is 5.58 Å². The Hall–Kier alpha value is -6.72. The van der Waals surface area contributed by atoms with Crippen molar-refractivity contribution >= 4 is 92.7 Å². The summed E-state index contributed by atoms with van der Waals surface area (Å²) in [6.45, 7) is 0. The molecule has 0 atom stereocenters. The molecule has 0 fully saturated rings. The van der Waals surface area contributed by atoms with Gasteiger partial charge < -0.3 is 8.82 Å². The highest BCUT2D eigenvalue weighted by Crippen LogP contribution is 2.48. The van der Waals surface area contributed by atoms with Crippen molar-refractivity contribution in [1.29, 1.82) is 0 Å². The van der Waals surface area contributed by atoms with Crippen LogP contribution in [0.4, 0.5) is 0 Å². The van der Waals surface area contributed by atoms with E-state index in [-0.39, 0.29) is 0 Å². The maximum atomic E-state index is 6.50. The van der Waals surface area contributed by atoms with Crippen LogP contribution >= 0.6 is 0 Å². The molecule has 0 N–H and O–H groups in total. The lowest BCUT2D eigenvalue weighted by atomic mass is 9.99. The third kappa shape index (κ3) is 3.15. The molecule has 0 amide bonds. The van der Waals surface area contributed by atoms with Crippen molar-refractivity contribution in [2.75, 3.05) is 0 Å². The molecule has 5 heteroatoms. The SMILES string of the molecule is c1ccc(-c2nc(-n3c4ccc5ccccc5c4c4c5c6ccccc6n6c7ccccc7c(cc43)c56)c3c(n2)oc2ccccc23)cc1. The number of hydrogen-bond acceptors (Lipinski definition) is 3. The summed E-state index contributed by atoms with van der Waals surface area (Å²) in [5.74, 6) is 1.44. The van der Waals surface area contributed by atoms with Crippen LogP contribution < -0.4 is 0 Å². The molecule has 0 saturated heterocycles. The highest BCUT2D eigenvalue weighted by Gasteiger charge is 2.27. The van der Waals surface area contributed by atoms with Crippen molar-refractivity contribution in [3.63, 3.8) is 0 Å². The summed E-state index contributed by atoms with van der Waals surface area (Å²) in [6.07, 6.45) is 0. The van der Waals surface area contributed by atoms with Crippen LogP contribution in [0.25, 0.3) is 110 Å². The molecule has 0 unspecified atom stereocenters. The van der Waals surface area contributed by atoms with E-state index in [1.54, 1.807) is 0 Å². The second-order valence-corrected chi connectivity index (χ2v) is 12.9. The van der Waals surface area contributed by atoms with E-state index in [0.29, 0.717) is 11.5 Å². The van der Waals surface area contributed by atoms with Crippen molar-refractivity contribution in [1.82, 2.24) is 18.9 Å². The van der Waals surface area contributed by atoms with Gasteiger partial charge >= 0.3 is 0 Å². The molecule has 0 spiro atoms. The van der Waals surface area contributed by atoms with Gasteiger partial charge in [-0.3, -0.25) is 4.57 Å². The Morgan fingerprint density at radius 1 is 0.449 bits per heavy atom. The van der Waals surface area contributed by atoms with E-state index < -0.39 is 0 Å². The number of hydrogen-bond donors (Lipinski definition) is 0. The van der Waals surface area contributed by atoms with Crippen LogP contribution in [0.2, 0.25) is 0 Å². The Morgan fingerprint density at radius 2 is 1.14 bits per heavy atom. The van der Waals surface area contributed by atoms with Gasteiger partial charge in [0.15, 0.2) is 11.6 Å². The fourth-order valence-electron chi connectivity index (χ4n) is 8.48. The van der Waals surface area contributed by atoms with Gasteiger partial charge in [-0.15, -0.1) is 0 Å². The maximum Gasteiger partial charge on any atom is 0.233 e. The number of nitrogens with zero attached hydrogens (tertiary/aromatic N) is 4. The molecule has 0 radical (unpaired) electrons. The fraction of sp³-hybridized carbons (Fsp3) is 0. The average molecular weight is 625 g/mol. The summed E-state index contributed by atoms with van der Waals surface area (Å²) >= 11 is 0. The van der Waals surface area contributed by atoms with Crippen LogP contribution in [0.15, 0.2) is 150 Å². The third-order valence-corrected chi connectivity index (χ3v) is 10.5. The van der Waals surface area contributed by atoms with E-state index in [1.807, 2.05) is 30.3 Å². The standard InChI is InChI=1S/C44H24N4O/c1-2-13-26(14-3-1)42-45-43(39-30-18-8-11-21-36(30)49-44(39)46-42)48-34-23-22-25-12-4-5-15-27(25)37(34)40-35(48)24-31-28-16-6-9-19-32(28)47-33-20-10-7-17-29(33)38(40)41(31)47/h1-24H. The quantitative estimate of drug-likeness (QED) is 0.192. The number of benzene rings is 7. The topological polar surface area (TPSA) is 48.3 Å². The first-order chi connectivity index (χ1) is 24.3. The summed E-state index contributed by atoms with van der Waals surface area (Å²) in [7, 11) is 0. The molecule has 7 aromatic carbocycles. The van der Waals surface area contributed by atoms with Gasteiger partial charge in [0.25, 0.3) is 0 Å². The van der Waals surface area contributed by atoms with Gasteiger partial charge in [0.2, 0.25) is 5.71 Å². The second-order valence-electron chi connectivity index (χ2n) is 12.9. The summed E-state index contributed by atoms with van der Waals surface area (Å²) < 4.78 is 11.3. The minimum atomic E-state index is 0.577. The highest BCUT2D eigenvalue weighted by atomic mass is 16.3. The summed E-state index contributed by atoms with van der Waals surface area (Å²) in [5, 5.41) is 11.8. The molecule has 0 aliphatic heterocycles. The lowest BCUT2D eigenvalue weighted by Gasteiger charge is -2.11. The minimum absolute atomic E-state index is 0.577. The zero-order chi connectivity index (χ0) is 31.8. The Bertz CT molecular complexity index is 3330. The number of fused-ring (bicyclic) bond motifs is 15. The van der Waals surface area contributed by atoms with E-state index in [2.05, 4.69) is 124 Å². The lowest BCUT2D eigenvalue weighted by Crippen LogP contribution is -2.02. The van der Waals surface area contributed by atoms with Crippen molar-refractivity contribution in [2.24, 2.45) is 0 Å². The van der Waals surface area contributed by atoms with Crippen LogP contribution in [-0.4, -0.2) is 18.9 Å². The van der Waals surface area contributed by atoms with Gasteiger partial charge in [-0.25, -0.2) is 4.98 Å². The van der Waals surface area contributed by atoms with Crippen molar-refractivity contribution in [3.8, 4) is 17.2 Å². The first kappa shape index (κ1) is 25.4. The van der Waals surface area contributed by atoms with Gasteiger partial charge in [-0.05, 0) is 41.1 Å².